The highest BCUT2D eigenvalue weighted by atomic mass is 35.5. The van der Waals surface area contributed by atoms with E-state index in [0.29, 0.717) is 0 Å². The van der Waals surface area contributed by atoms with Gasteiger partial charge in [0.25, 0.3) is 5.82 Å². The normalized spacial score (nSPS) is 10.4. The first kappa shape index (κ1) is 19.1. The largest absolute Gasteiger partial charge is 1.00 e. The van der Waals surface area contributed by atoms with Gasteiger partial charge in [-0.15, -0.1) is 0 Å². The van der Waals surface area contributed by atoms with Crippen molar-refractivity contribution in [2.24, 2.45) is 0 Å². The van der Waals surface area contributed by atoms with Gasteiger partial charge in [0, 0.05) is 20.8 Å². The number of nitrogens with zero attached hydrogens (tertiary/aromatic N) is 2. The van der Waals surface area contributed by atoms with Crippen molar-refractivity contribution >= 4 is 0 Å². The van der Waals surface area contributed by atoms with E-state index in [4.69, 9.17) is 4.74 Å². The molecule has 3 nitrogen and oxygen atoms in total. The smallest absolute Gasteiger partial charge is 0.254 e. The molecule has 25 heavy (non-hydrogen) atoms. The SMILES string of the molecule is COc1cccc(C[n+]2c(C)c(C)n(Cc3ccccc3)c2C)c1.[Cl-]. The summed E-state index contributed by atoms with van der Waals surface area (Å²) < 4.78 is 10.1. The lowest BCUT2D eigenvalue weighted by Gasteiger charge is -2.05. The van der Waals surface area contributed by atoms with E-state index in [1.165, 1.54) is 28.3 Å². The van der Waals surface area contributed by atoms with Crippen molar-refractivity contribution in [3.05, 3.63) is 82.9 Å². The summed E-state index contributed by atoms with van der Waals surface area (Å²) in [6.07, 6.45) is 0. The predicted molar refractivity (Wildman–Crippen MR) is 96.5 cm³/mol. The van der Waals surface area contributed by atoms with Crippen LogP contribution in [-0.2, 0) is 13.1 Å². The minimum atomic E-state index is 0. The molecule has 0 spiro atoms. The first-order valence-electron chi connectivity index (χ1n) is 8.33. The Bertz CT molecular complexity index is 841. The van der Waals surface area contributed by atoms with Gasteiger partial charge >= 0.3 is 0 Å². The molecule has 4 heteroatoms. The maximum Gasteiger partial charge on any atom is 0.254 e. The number of hydrogen-bond acceptors (Lipinski definition) is 1. The summed E-state index contributed by atoms with van der Waals surface area (Å²) >= 11 is 0. The zero-order chi connectivity index (χ0) is 17.1. The van der Waals surface area contributed by atoms with Crippen LogP contribution in [0.2, 0.25) is 0 Å². The highest BCUT2D eigenvalue weighted by molar-refractivity contribution is 5.28. The third-order valence-corrected chi connectivity index (χ3v) is 4.77. The molecule has 0 aliphatic carbocycles. The molecule has 0 aliphatic rings. The molecule has 1 aromatic heterocycles. The van der Waals surface area contributed by atoms with Crippen LogP contribution in [0.5, 0.6) is 5.75 Å². The minimum Gasteiger partial charge on any atom is -1.00 e. The fourth-order valence-electron chi connectivity index (χ4n) is 3.21. The van der Waals surface area contributed by atoms with Crippen LogP contribution in [0.3, 0.4) is 0 Å². The van der Waals surface area contributed by atoms with Crippen LogP contribution < -0.4 is 21.7 Å². The number of benzene rings is 2. The van der Waals surface area contributed by atoms with E-state index in [0.717, 1.165) is 18.8 Å². The van der Waals surface area contributed by atoms with Gasteiger partial charge in [0.1, 0.15) is 30.2 Å². The summed E-state index contributed by atoms with van der Waals surface area (Å²) in [6, 6.07) is 18.9. The zero-order valence-corrected chi connectivity index (χ0v) is 16.0. The van der Waals surface area contributed by atoms with E-state index >= 15 is 0 Å². The second-order valence-electron chi connectivity index (χ2n) is 6.23. The third kappa shape index (κ3) is 4.05. The maximum absolute atomic E-state index is 5.35. The van der Waals surface area contributed by atoms with Gasteiger partial charge in [0.2, 0.25) is 0 Å². The average Bonchev–Trinajstić information content (AvgIpc) is 2.81. The second kappa shape index (κ2) is 8.21. The summed E-state index contributed by atoms with van der Waals surface area (Å²) in [5.74, 6) is 2.18. The van der Waals surface area contributed by atoms with E-state index in [1.807, 2.05) is 12.1 Å². The molecule has 2 aromatic carbocycles. The molecule has 0 fully saturated rings. The monoisotopic (exact) mass is 356 g/mol. The highest BCUT2D eigenvalue weighted by Crippen LogP contribution is 2.15. The van der Waals surface area contributed by atoms with Crippen molar-refractivity contribution in [2.45, 2.75) is 33.9 Å². The topological polar surface area (TPSA) is 18.0 Å². The number of methoxy groups -OCH3 is 1. The number of imidazole rings is 1. The van der Waals surface area contributed by atoms with Gasteiger partial charge in [-0.1, -0.05) is 42.5 Å². The fraction of sp³-hybridized carbons (Fsp3) is 0.286. The van der Waals surface area contributed by atoms with Gasteiger partial charge < -0.3 is 17.1 Å². The quantitative estimate of drug-likeness (QED) is 0.619. The Balaban J connectivity index is 0.00000225. The second-order valence-corrected chi connectivity index (χ2v) is 6.23. The van der Waals surface area contributed by atoms with E-state index in [9.17, 15) is 0 Å². The Kier molecular flexibility index (Phi) is 6.27. The van der Waals surface area contributed by atoms with Crippen molar-refractivity contribution < 1.29 is 21.7 Å². The van der Waals surface area contributed by atoms with E-state index in [-0.39, 0.29) is 12.4 Å². The minimum absolute atomic E-state index is 0. The van der Waals surface area contributed by atoms with Gasteiger partial charge in [-0.2, -0.15) is 0 Å². The van der Waals surface area contributed by atoms with Crippen LogP contribution in [0.1, 0.15) is 28.3 Å². The third-order valence-electron chi connectivity index (χ3n) is 4.77. The Morgan fingerprint density at radius 3 is 2.28 bits per heavy atom. The molecule has 3 rings (SSSR count). The number of ether oxygens (including phenoxy) is 1. The Morgan fingerprint density at radius 2 is 1.60 bits per heavy atom. The van der Waals surface area contributed by atoms with Gasteiger partial charge in [0.15, 0.2) is 0 Å². The molecular formula is C21H25ClN2O. The molecule has 0 bridgehead atoms. The van der Waals surface area contributed by atoms with E-state index < -0.39 is 0 Å². The maximum atomic E-state index is 5.35. The average molecular weight is 357 g/mol. The first-order valence-corrected chi connectivity index (χ1v) is 8.33. The summed E-state index contributed by atoms with van der Waals surface area (Å²) in [5, 5.41) is 0. The van der Waals surface area contributed by atoms with Gasteiger partial charge in [-0.25, -0.2) is 9.13 Å². The van der Waals surface area contributed by atoms with Crippen LogP contribution in [0.25, 0.3) is 0 Å². The molecule has 0 radical (unpaired) electrons. The lowest BCUT2D eigenvalue weighted by Crippen LogP contribution is -3.00. The van der Waals surface area contributed by atoms with Crippen LogP contribution in [0.4, 0.5) is 0 Å². The molecule has 0 unspecified atom stereocenters. The molecule has 0 atom stereocenters. The molecule has 0 saturated carbocycles. The predicted octanol–water partition coefficient (Wildman–Crippen LogP) is 0.810. The molecule has 0 amide bonds. The van der Waals surface area contributed by atoms with Crippen LogP contribution >= 0.6 is 0 Å². The summed E-state index contributed by atoms with van der Waals surface area (Å²) in [7, 11) is 1.71. The number of hydrogen-bond donors (Lipinski definition) is 0. The first-order chi connectivity index (χ1) is 11.6. The van der Waals surface area contributed by atoms with E-state index in [2.05, 4.69) is 72.4 Å². The molecule has 132 valence electrons. The van der Waals surface area contributed by atoms with E-state index in [1.54, 1.807) is 7.11 Å². The van der Waals surface area contributed by atoms with Gasteiger partial charge in [-0.3, -0.25) is 0 Å². The molecule has 0 N–H and O–H groups in total. The fourth-order valence-corrected chi connectivity index (χ4v) is 3.21. The molecule has 0 aliphatic heterocycles. The summed E-state index contributed by atoms with van der Waals surface area (Å²) in [4.78, 5) is 0. The molecular weight excluding hydrogens is 332 g/mol. The zero-order valence-electron chi connectivity index (χ0n) is 15.3. The number of halogens is 1. The highest BCUT2D eigenvalue weighted by Gasteiger charge is 2.22. The number of rotatable bonds is 5. The summed E-state index contributed by atoms with van der Waals surface area (Å²) in [6.45, 7) is 8.36. The Morgan fingerprint density at radius 1 is 0.920 bits per heavy atom. The molecule has 3 aromatic rings. The van der Waals surface area contributed by atoms with Crippen LogP contribution in [-0.4, -0.2) is 11.7 Å². The van der Waals surface area contributed by atoms with Crippen LogP contribution in [0, 0.1) is 20.8 Å². The lowest BCUT2D eigenvalue weighted by atomic mass is 10.2. The van der Waals surface area contributed by atoms with Crippen LogP contribution in [0.15, 0.2) is 54.6 Å². The molecule has 0 saturated heterocycles. The summed E-state index contributed by atoms with van der Waals surface area (Å²) in [5.41, 5.74) is 5.21. The molecule has 1 heterocycles. The standard InChI is InChI=1S/C21H25N2O.ClH/c1-16-17(2)23(15-20-11-8-12-21(13-20)24-4)18(3)22(16)14-19-9-6-5-7-10-19;/h5-13H,14-15H2,1-4H3;1H/q+1;/p-1. The lowest BCUT2D eigenvalue weighted by molar-refractivity contribution is -0.699. The Hall–Kier alpha value is -2.26. The van der Waals surface area contributed by atoms with Crippen molar-refractivity contribution in [1.29, 1.82) is 0 Å². The Labute approximate surface area is 156 Å². The van der Waals surface area contributed by atoms with Gasteiger partial charge in [-0.05, 0) is 23.3 Å². The number of aromatic nitrogens is 2. The van der Waals surface area contributed by atoms with Crippen molar-refractivity contribution in [1.82, 2.24) is 4.57 Å². The van der Waals surface area contributed by atoms with Crippen molar-refractivity contribution in [3.8, 4) is 5.75 Å². The van der Waals surface area contributed by atoms with Crippen molar-refractivity contribution in [2.75, 3.05) is 7.11 Å². The van der Waals surface area contributed by atoms with Crippen molar-refractivity contribution in [3.63, 3.8) is 0 Å². The van der Waals surface area contributed by atoms with Gasteiger partial charge in [0.05, 0.1) is 7.11 Å².